The van der Waals surface area contributed by atoms with E-state index in [4.69, 9.17) is 16.8 Å². The smallest absolute Gasteiger partial charge is 0.256 e. The van der Waals surface area contributed by atoms with E-state index < -0.39 is 11.9 Å². The number of hydrogen-bond donors (Lipinski definition) is 2. The molecule has 8 nitrogen and oxygen atoms in total. The molecule has 2 heterocycles. The number of halogens is 1. The summed E-state index contributed by atoms with van der Waals surface area (Å²) in [7, 11) is 0. The Morgan fingerprint density at radius 3 is 2.63 bits per heavy atom. The van der Waals surface area contributed by atoms with Crippen LogP contribution >= 0.6 is 11.6 Å². The largest absolute Gasteiger partial charge is 0.409 e. The SMILES string of the molecule is CC(=NO)NC(=O)c1ccc(CN2C(=O)c3ccc(Cl)cc3CC(=O)[C@H]2Cc2cccnc2)cc1. The minimum Gasteiger partial charge on any atom is -0.409 e. The zero-order valence-electron chi connectivity index (χ0n) is 18.9. The number of hydrogen-bond acceptors (Lipinski definition) is 6. The molecule has 0 saturated carbocycles. The lowest BCUT2D eigenvalue weighted by atomic mass is 9.98. The van der Waals surface area contributed by atoms with Crippen LogP contribution in [0, 0.1) is 0 Å². The first-order valence-electron chi connectivity index (χ1n) is 11.0. The van der Waals surface area contributed by atoms with Crippen molar-refractivity contribution in [1.82, 2.24) is 15.2 Å². The third-order valence-electron chi connectivity index (χ3n) is 5.84. The average Bonchev–Trinajstić information content (AvgIpc) is 2.94. The highest BCUT2D eigenvalue weighted by Crippen LogP contribution is 2.27. The Labute approximate surface area is 207 Å². The van der Waals surface area contributed by atoms with Gasteiger partial charge in [-0.3, -0.25) is 19.4 Å². The van der Waals surface area contributed by atoms with Gasteiger partial charge in [0.05, 0.1) is 6.04 Å². The number of carbonyl (C=O) groups excluding carboxylic acids is 3. The number of nitrogens with zero attached hydrogens (tertiary/aromatic N) is 3. The van der Waals surface area contributed by atoms with Gasteiger partial charge < -0.3 is 15.4 Å². The molecule has 2 aromatic carbocycles. The van der Waals surface area contributed by atoms with Gasteiger partial charge in [0.15, 0.2) is 5.78 Å². The maximum Gasteiger partial charge on any atom is 0.256 e. The normalized spacial score (nSPS) is 16.0. The Hall–Kier alpha value is -4.04. The molecule has 35 heavy (non-hydrogen) atoms. The van der Waals surface area contributed by atoms with Crippen LogP contribution in [0.2, 0.25) is 5.02 Å². The molecule has 0 unspecified atom stereocenters. The molecule has 1 aliphatic rings. The van der Waals surface area contributed by atoms with E-state index in [0.717, 1.165) is 11.1 Å². The predicted octanol–water partition coefficient (Wildman–Crippen LogP) is 3.65. The van der Waals surface area contributed by atoms with Crippen LogP contribution in [-0.4, -0.2) is 44.6 Å². The molecule has 1 aliphatic heterocycles. The number of amidine groups is 1. The van der Waals surface area contributed by atoms with Gasteiger partial charge in [-0.1, -0.05) is 35.0 Å². The molecule has 0 radical (unpaired) electrons. The van der Waals surface area contributed by atoms with Gasteiger partial charge in [0.1, 0.15) is 5.84 Å². The first-order valence-corrected chi connectivity index (χ1v) is 11.3. The van der Waals surface area contributed by atoms with E-state index in [-0.39, 0.29) is 30.5 Å². The third-order valence-corrected chi connectivity index (χ3v) is 6.07. The Morgan fingerprint density at radius 2 is 1.94 bits per heavy atom. The molecular formula is C26H23ClN4O4. The average molecular weight is 491 g/mol. The van der Waals surface area contributed by atoms with Crippen molar-refractivity contribution in [2.75, 3.05) is 0 Å². The van der Waals surface area contributed by atoms with Crippen LogP contribution in [0.4, 0.5) is 0 Å². The van der Waals surface area contributed by atoms with Gasteiger partial charge in [0, 0.05) is 47.9 Å². The molecule has 0 fully saturated rings. The van der Waals surface area contributed by atoms with Gasteiger partial charge in [-0.15, -0.1) is 0 Å². The quantitative estimate of drug-likeness (QED) is 0.245. The number of pyridine rings is 1. The minimum absolute atomic E-state index is 0.0739. The predicted molar refractivity (Wildman–Crippen MR) is 131 cm³/mol. The number of amides is 2. The van der Waals surface area contributed by atoms with Gasteiger partial charge in [-0.25, -0.2) is 0 Å². The lowest BCUT2D eigenvalue weighted by Crippen LogP contribution is -2.44. The third kappa shape index (κ3) is 5.55. The number of oxime groups is 1. The van der Waals surface area contributed by atoms with Gasteiger partial charge in [-0.2, -0.15) is 0 Å². The molecule has 4 rings (SSSR count). The second-order valence-corrected chi connectivity index (χ2v) is 8.73. The van der Waals surface area contributed by atoms with Crippen LogP contribution in [0.15, 0.2) is 72.1 Å². The summed E-state index contributed by atoms with van der Waals surface area (Å²) < 4.78 is 0. The molecule has 178 valence electrons. The molecule has 0 spiro atoms. The second-order valence-electron chi connectivity index (χ2n) is 8.30. The van der Waals surface area contributed by atoms with Crippen LogP contribution in [-0.2, 0) is 24.2 Å². The summed E-state index contributed by atoms with van der Waals surface area (Å²) in [5.74, 6) is -0.691. The number of carbonyl (C=O) groups is 3. The summed E-state index contributed by atoms with van der Waals surface area (Å²) in [6.45, 7) is 1.64. The molecule has 1 aromatic heterocycles. The highest BCUT2D eigenvalue weighted by molar-refractivity contribution is 6.30. The van der Waals surface area contributed by atoms with Crippen molar-refractivity contribution in [3.05, 3.63) is 99.8 Å². The minimum atomic E-state index is -0.690. The fourth-order valence-corrected chi connectivity index (χ4v) is 4.26. The van der Waals surface area contributed by atoms with Crippen LogP contribution in [0.1, 0.15) is 44.3 Å². The number of benzene rings is 2. The Bertz CT molecular complexity index is 1290. The summed E-state index contributed by atoms with van der Waals surface area (Å²) >= 11 is 6.14. The van der Waals surface area contributed by atoms with Crippen LogP contribution in [0.5, 0.6) is 0 Å². The van der Waals surface area contributed by atoms with E-state index in [1.807, 2.05) is 6.07 Å². The lowest BCUT2D eigenvalue weighted by Gasteiger charge is -2.29. The molecule has 2 amide bonds. The number of aromatic nitrogens is 1. The highest BCUT2D eigenvalue weighted by Gasteiger charge is 2.35. The van der Waals surface area contributed by atoms with Crippen molar-refractivity contribution in [3.8, 4) is 0 Å². The van der Waals surface area contributed by atoms with Gasteiger partial charge in [0.2, 0.25) is 0 Å². The molecule has 0 aliphatic carbocycles. The van der Waals surface area contributed by atoms with Crippen molar-refractivity contribution in [3.63, 3.8) is 0 Å². The zero-order valence-corrected chi connectivity index (χ0v) is 19.7. The summed E-state index contributed by atoms with van der Waals surface area (Å²) in [6.07, 6.45) is 3.79. The van der Waals surface area contributed by atoms with E-state index >= 15 is 0 Å². The fourth-order valence-electron chi connectivity index (χ4n) is 4.06. The number of Topliss-reactive ketones (excluding diaryl/α,β-unsaturated/α-hetero) is 1. The Balaban J connectivity index is 1.65. The van der Waals surface area contributed by atoms with Crippen molar-refractivity contribution in [2.45, 2.75) is 32.4 Å². The molecule has 0 saturated heterocycles. The van der Waals surface area contributed by atoms with E-state index in [9.17, 15) is 14.4 Å². The van der Waals surface area contributed by atoms with Crippen molar-refractivity contribution >= 4 is 35.0 Å². The topological polar surface area (TPSA) is 112 Å². The zero-order chi connectivity index (χ0) is 24.9. The summed E-state index contributed by atoms with van der Waals surface area (Å²) in [6, 6.07) is 14.6. The maximum atomic E-state index is 13.6. The number of ketones is 1. The molecule has 9 heteroatoms. The highest BCUT2D eigenvalue weighted by atomic mass is 35.5. The lowest BCUT2D eigenvalue weighted by molar-refractivity contribution is -0.122. The van der Waals surface area contributed by atoms with Crippen molar-refractivity contribution in [2.24, 2.45) is 5.16 Å². The molecular weight excluding hydrogens is 468 g/mol. The number of rotatable bonds is 5. The van der Waals surface area contributed by atoms with Gasteiger partial charge in [0.25, 0.3) is 11.8 Å². The van der Waals surface area contributed by atoms with Crippen LogP contribution < -0.4 is 5.32 Å². The molecule has 2 N–H and O–H groups in total. The number of fused-ring (bicyclic) bond motifs is 1. The monoisotopic (exact) mass is 490 g/mol. The first kappa shape index (κ1) is 24.1. The van der Waals surface area contributed by atoms with Crippen molar-refractivity contribution in [1.29, 1.82) is 0 Å². The number of nitrogens with one attached hydrogen (secondary N) is 1. The summed E-state index contributed by atoms with van der Waals surface area (Å²) in [5.41, 5.74) is 3.02. The molecule has 1 atom stereocenters. The fraction of sp³-hybridized carbons (Fsp3) is 0.192. The maximum absolute atomic E-state index is 13.6. The summed E-state index contributed by atoms with van der Waals surface area (Å²) in [4.78, 5) is 45.0. The van der Waals surface area contributed by atoms with E-state index in [2.05, 4.69) is 15.5 Å². The van der Waals surface area contributed by atoms with E-state index in [1.54, 1.807) is 65.8 Å². The Kier molecular flexibility index (Phi) is 7.22. The molecule has 3 aromatic rings. The van der Waals surface area contributed by atoms with E-state index in [0.29, 0.717) is 28.1 Å². The van der Waals surface area contributed by atoms with E-state index in [1.165, 1.54) is 6.92 Å². The molecule has 0 bridgehead atoms. The first-order chi connectivity index (χ1) is 16.9. The summed E-state index contributed by atoms with van der Waals surface area (Å²) in [5, 5.41) is 14.6. The standard InChI is InChI=1S/C26H23ClN4O4/c1-16(30-35)29-25(33)19-6-4-17(5-7-19)15-31-23(11-18-3-2-10-28-14-18)24(32)13-20-12-21(27)8-9-22(20)26(31)34/h2-10,12,14,23,35H,11,13,15H2,1H3,(H,29,30,33)/t23-/m1/s1. The van der Waals surface area contributed by atoms with Crippen LogP contribution in [0.25, 0.3) is 0 Å². The van der Waals surface area contributed by atoms with Gasteiger partial charge in [-0.05, 0) is 60.0 Å². The van der Waals surface area contributed by atoms with Crippen molar-refractivity contribution < 1.29 is 19.6 Å². The second kappa shape index (κ2) is 10.5. The van der Waals surface area contributed by atoms with Crippen LogP contribution in [0.3, 0.4) is 0 Å². The van der Waals surface area contributed by atoms with Gasteiger partial charge >= 0.3 is 0 Å². The Morgan fingerprint density at radius 1 is 1.17 bits per heavy atom.